The Morgan fingerprint density at radius 1 is 1.27 bits per heavy atom. The number of nitrogens with one attached hydrogen (secondary N) is 2. The molecule has 0 aromatic rings. The molecule has 0 aromatic heterocycles. The lowest BCUT2D eigenvalue weighted by Crippen LogP contribution is -2.43. The summed E-state index contributed by atoms with van der Waals surface area (Å²) in [6.45, 7) is 7.55. The SMILES string of the molecule is CC1CCCCN1CCNC(=O)C1CC12CCNCC2.Cl.Cl. The highest BCUT2D eigenvalue weighted by Crippen LogP contribution is 2.58. The summed E-state index contributed by atoms with van der Waals surface area (Å²) in [6, 6.07) is 0.692. The van der Waals surface area contributed by atoms with Crippen LogP contribution >= 0.6 is 24.8 Å². The van der Waals surface area contributed by atoms with Gasteiger partial charge in [-0.15, -0.1) is 24.8 Å². The number of hydrogen-bond donors (Lipinski definition) is 2. The van der Waals surface area contributed by atoms with E-state index >= 15 is 0 Å². The fourth-order valence-corrected chi connectivity index (χ4v) is 4.13. The summed E-state index contributed by atoms with van der Waals surface area (Å²) >= 11 is 0. The van der Waals surface area contributed by atoms with Gasteiger partial charge in [0.1, 0.15) is 0 Å². The van der Waals surface area contributed by atoms with E-state index in [0.717, 1.165) is 32.6 Å². The van der Waals surface area contributed by atoms with Crippen LogP contribution in [0.5, 0.6) is 0 Å². The molecule has 3 fully saturated rings. The largest absolute Gasteiger partial charge is 0.355 e. The second kappa shape index (κ2) is 8.72. The second-order valence-corrected chi connectivity index (χ2v) is 7.04. The first-order valence-electron chi connectivity index (χ1n) is 8.44. The van der Waals surface area contributed by atoms with Crippen molar-refractivity contribution in [2.75, 3.05) is 32.7 Å². The first-order chi connectivity index (χ1) is 9.71. The molecule has 2 aliphatic heterocycles. The maximum atomic E-state index is 12.3. The fourth-order valence-electron chi connectivity index (χ4n) is 4.13. The van der Waals surface area contributed by atoms with Gasteiger partial charge in [0.2, 0.25) is 5.91 Å². The molecular weight excluding hydrogens is 321 g/mol. The van der Waals surface area contributed by atoms with Gasteiger partial charge >= 0.3 is 0 Å². The van der Waals surface area contributed by atoms with Crippen LogP contribution in [0.15, 0.2) is 0 Å². The Kier molecular flexibility index (Phi) is 7.93. The van der Waals surface area contributed by atoms with Crippen LogP contribution in [0.25, 0.3) is 0 Å². The Bertz CT molecular complexity index is 361. The average Bonchev–Trinajstić information content (AvgIpc) is 3.15. The summed E-state index contributed by atoms with van der Waals surface area (Å²) in [6.07, 6.45) is 7.50. The Balaban J connectivity index is 0.00000121. The highest BCUT2D eigenvalue weighted by Gasteiger charge is 2.57. The lowest BCUT2D eigenvalue weighted by Gasteiger charge is -2.33. The molecule has 0 aromatic carbocycles. The molecule has 4 nitrogen and oxygen atoms in total. The van der Waals surface area contributed by atoms with Gasteiger partial charge in [-0.25, -0.2) is 0 Å². The van der Waals surface area contributed by atoms with Crippen molar-refractivity contribution >= 4 is 30.7 Å². The van der Waals surface area contributed by atoms with Crippen molar-refractivity contribution in [3.63, 3.8) is 0 Å². The molecule has 1 spiro atoms. The van der Waals surface area contributed by atoms with E-state index in [1.807, 2.05) is 0 Å². The van der Waals surface area contributed by atoms with Crippen molar-refractivity contribution in [1.82, 2.24) is 15.5 Å². The number of carbonyl (C=O) groups excluding carboxylic acids is 1. The molecule has 2 saturated heterocycles. The number of rotatable bonds is 4. The average molecular weight is 352 g/mol. The fraction of sp³-hybridized carbons (Fsp3) is 0.938. The molecule has 3 rings (SSSR count). The van der Waals surface area contributed by atoms with Gasteiger partial charge in [0.15, 0.2) is 0 Å². The highest BCUT2D eigenvalue weighted by molar-refractivity contribution is 5.85. The third kappa shape index (κ3) is 4.50. The predicted octanol–water partition coefficient (Wildman–Crippen LogP) is 2.21. The highest BCUT2D eigenvalue weighted by atomic mass is 35.5. The van der Waals surface area contributed by atoms with Crippen molar-refractivity contribution in [2.24, 2.45) is 11.3 Å². The second-order valence-electron chi connectivity index (χ2n) is 7.04. The predicted molar refractivity (Wildman–Crippen MR) is 95.0 cm³/mol. The molecular formula is C16H31Cl2N3O. The lowest BCUT2D eigenvalue weighted by atomic mass is 9.92. The minimum absolute atomic E-state index is 0. The zero-order valence-corrected chi connectivity index (χ0v) is 15.2. The third-order valence-corrected chi connectivity index (χ3v) is 5.74. The molecule has 1 aliphatic carbocycles. The molecule has 1 saturated carbocycles. The minimum atomic E-state index is 0. The Morgan fingerprint density at radius 3 is 2.68 bits per heavy atom. The Morgan fingerprint density at radius 2 is 2.00 bits per heavy atom. The van der Waals surface area contributed by atoms with Gasteiger partial charge in [-0.3, -0.25) is 9.69 Å². The maximum Gasteiger partial charge on any atom is 0.223 e. The molecule has 22 heavy (non-hydrogen) atoms. The first kappa shape index (κ1) is 20.0. The van der Waals surface area contributed by atoms with Crippen LogP contribution < -0.4 is 10.6 Å². The smallest absolute Gasteiger partial charge is 0.223 e. The number of piperidine rings is 2. The molecule has 6 heteroatoms. The molecule has 0 bridgehead atoms. The van der Waals surface area contributed by atoms with Crippen LogP contribution in [-0.2, 0) is 4.79 Å². The summed E-state index contributed by atoms with van der Waals surface area (Å²) < 4.78 is 0. The standard InChI is InChI=1S/C16H29N3O.2ClH/c1-13-4-2-3-10-19(13)11-9-18-15(20)14-12-16(14)5-7-17-8-6-16;;/h13-14,17H,2-12H2,1H3,(H,18,20);2*1H. The van der Waals surface area contributed by atoms with Gasteiger partial charge in [0, 0.05) is 25.0 Å². The minimum Gasteiger partial charge on any atom is -0.355 e. The summed E-state index contributed by atoms with van der Waals surface area (Å²) in [4.78, 5) is 14.8. The van der Waals surface area contributed by atoms with Gasteiger partial charge < -0.3 is 10.6 Å². The topological polar surface area (TPSA) is 44.4 Å². The van der Waals surface area contributed by atoms with Gasteiger partial charge in [-0.05, 0) is 64.1 Å². The quantitative estimate of drug-likeness (QED) is 0.815. The number of nitrogens with zero attached hydrogens (tertiary/aromatic N) is 1. The van der Waals surface area contributed by atoms with Gasteiger partial charge in [-0.2, -0.15) is 0 Å². The van der Waals surface area contributed by atoms with E-state index in [1.165, 1.54) is 38.6 Å². The zero-order valence-electron chi connectivity index (χ0n) is 13.6. The summed E-state index contributed by atoms with van der Waals surface area (Å²) in [5.74, 6) is 0.625. The van der Waals surface area contributed by atoms with E-state index in [4.69, 9.17) is 0 Å². The molecule has 3 aliphatic rings. The number of amides is 1. The van der Waals surface area contributed by atoms with Crippen molar-refractivity contribution in [2.45, 2.75) is 51.5 Å². The monoisotopic (exact) mass is 351 g/mol. The zero-order chi connectivity index (χ0) is 14.0. The van der Waals surface area contributed by atoms with Gasteiger partial charge in [0.25, 0.3) is 0 Å². The van der Waals surface area contributed by atoms with Crippen molar-refractivity contribution in [3.8, 4) is 0 Å². The molecule has 2 N–H and O–H groups in total. The Labute approximate surface area is 147 Å². The Hall–Kier alpha value is -0.0300. The molecule has 130 valence electrons. The third-order valence-electron chi connectivity index (χ3n) is 5.74. The van der Waals surface area contributed by atoms with E-state index in [0.29, 0.717) is 23.3 Å². The summed E-state index contributed by atoms with van der Waals surface area (Å²) in [5.41, 5.74) is 0.369. The summed E-state index contributed by atoms with van der Waals surface area (Å²) in [5, 5.41) is 6.58. The number of hydrogen-bond acceptors (Lipinski definition) is 3. The molecule has 2 heterocycles. The van der Waals surface area contributed by atoms with Crippen LogP contribution in [0.4, 0.5) is 0 Å². The first-order valence-corrected chi connectivity index (χ1v) is 8.44. The van der Waals surface area contributed by atoms with E-state index < -0.39 is 0 Å². The molecule has 2 atom stereocenters. The van der Waals surface area contributed by atoms with Crippen LogP contribution in [0.3, 0.4) is 0 Å². The van der Waals surface area contributed by atoms with Gasteiger partial charge in [-0.1, -0.05) is 6.42 Å². The van der Waals surface area contributed by atoms with Crippen molar-refractivity contribution < 1.29 is 4.79 Å². The normalized spacial score (nSPS) is 30.0. The van der Waals surface area contributed by atoms with E-state index in [9.17, 15) is 4.79 Å². The van der Waals surface area contributed by atoms with Gasteiger partial charge in [0.05, 0.1) is 0 Å². The number of likely N-dealkylation sites (tertiary alicyclic amines) is 1. The van der Waals surface area contributed by atoms with Crippen LogP contribution in [-0.4, -0.2) is 49.6 Å². The summed E-state index contributed by atoms with van der Waals surface area (Å²) in [7, 11) is 0. The lowest BCUT2D eigenvalue weighted by molar-refractivity contribution is -0.123. The molecule has 2 unspecified atom stereocenters. The van der Waals surface area contributed by atoms with Crippen LogP contribution in [0.1, 0.15) is 45.4 Å². The van der Waals surface area contributed by atoms with Crippen LogP contribution in [0, 0.1) is 11.3 Å². The van der Waals surface area contributed by atoms with E-state index in [1.54, 1.807) is 0 Å². The molecule has 1 amide bonds. The van der Waals surface area contributed by atoms with Crippen molar-refractivity contribution in [3.05, 3.63) is 0 Å². The molecule has 0 radical (unpaired) electrons. The van der Waals surface area contributed by atoms with E-state index in [-0.39, 0.29) is 24.8 Å². The maximum absolute atomic E-state index is 12.3. The number of carbonyl (C=O) groups is 1. The van der Waals surface area contributed by atoms with Crippen LogP contribution in [0.2, 0.25) is 0 Å². The van der Waals surface area contributed by atoms with Crippen molar-refractivity contribution in [1.29, 1.82) is 0 Å². The van der Waals surface area contributed by atoms with E-state index in [2.05, 4.69) is 22.5 Å². The number of halogens is 2.